The zero-order valence-corrected chi connectivity index (χ0v) is 15.4. The van der Waals surface area contributed by atoms with Crippen molar-refractivity contribution >= 4 is 11.8 Å². The van der Waals surface area contributed by atoms with Crippen molar-refractivity contribution < 1.29 is 23.0 Å². The Hall–Kier alpha value is -1.40. The average molecular weight is 374 g/mol. The molecule has 1 aromatic rings. The molecule has 0 bridgehead atoms. The Bertz CT molecular complexity index is 563. The van der Waals surface area contributed by atoms with E-state index in [4.69, 9.17) is 9.84 Å². The van der Waals surface area contributed by atoms with E-state index in [-0.39, 0.29) is 23.3 Å². The third kappa shape index (κ3) is 10.9. The van der Waals surface area contributed by atoms with Crippen molar-refractivity contribution in [1.29, 1.82) is 0 Å². The van der Waals surface area contributed by atoms with Crippen LogP contribution in [0.15, 0.2) is 52.5 Å². The minimum atomic E-state index is -4.27. The van der Waals surface area contributed by atoms with Crippen LogP contribution in [-0.4, -0.2) is 23.8 Å². The molecule has 1 N–H and O–H groups in total. The Balaban J connectivity index is 2.35. The van der Waals surface area contributed by atoms with Gasteiger partial charge in [0, 0.05) is 11.5 Å². The fourth-order valence-electron chi connectivity index (χ4n) is 2.08. The SMILES string of the molecule is C/C(=C/CCCO)CC/C=C(\C)COc1ccc(SC(F)(F)F)cc1. The maximum Gasteiger partial charge on any atom is 0.446 e. The van der Waals surface area contributed by atoms with Crippen molar-refractivity contribution in [3.8, 4) is 5.75 Å². The average Bonchev–Trinajstić information content (AvgIpc) is 2.53. The van der Waals surface area contributed by atoms with Gasteiger partial charge in [0.05, 0.1) is 0 Å². The molecule has 0 radical (unpaired) electrons. The molecular weight excluding hydrogens is 349 g/mol. The highest BCUT2D eigenvalue weighted by atomic mass is 32.2. The van der Waals surface area contributed by atoms with Crippen LogP contribution in [0.5, 0.6) is 5.75 Å². The Morgan fingerprint density at radius 3 is 2.32 bits per heavy atom. The van der Waals surface area contributed by atoms with Gasteiger partial charge < -0.3 is 9.84 Å². The first-order chi connectivity index (χ1) is 11.8. The second kappa shape index (κ2) is 11.3. The number of thioether (sulfide) groups is 1. The number of unbranched alkanes of at least 4 members (excludes halogenated alkanes) is 1. The lowest BCUT2D eigenvalue weighted by molar-refractivity contribution is -0.0328. The number of hydrogen-bond donors (Lipinski definition) is 1. The van der Waals surface area contributed by atoms with Crippen molar-refractivity contribution in [3.63, 3.8) is 0 Å². The summed E-state index contributed by atoms with van der Waals surface area (Å²) in [5.74, 6) is 0.555. The van der Waals surface area contributed by atoms with E-state index >= 15 is 0 Å². The predicted octanol–water partition coefficient (Wildman–Crippen LogP) is 6.12. The van der Waals surface area contributed by atoms with Gasteiger partial charge in [-0.15, -0.1) is 0 Å². The first-order valence-corrected chi connectivity index (χ1v) is 9.02. The molecule has 0 fully saturated rings. The third-order valence-electron chi connectivity index (χ3n) is 3.41. The highest BCUT2D eigenvalue weighted by molar-refractivity contribution is 8.00. The highest BCUT2D eigenvalue weighted by Gasteiger charge is 2.28. The molecular formula is C19H25F3O2S. The standard InChI is InChI=1S/C19H25F3O2S/c1-15(6-3-4-13-23)7-5-8-16(2)14-24-17-9-11-18(12-10-17)25-19(20,21)22/h6,8-12,23H,3-5,7,13-14H2,1-2H3/b15-6-,16-8+. The van der Waals surface area contributed by atoms with E-state index in [1.807, 2.05) is 6.92 Å². The van der Waals surface area contributed by atoms with Crippen LogP contribution in [0.1, 0.15) is 39.5 Å². The molecule has 0 aliphatic rings. The Morgan fingerprint density at radius 2 is 1.72 bits per heavy atom. The lowest BCUT2D eigenvalue weighted by Crippen LogP contribution is -2.00. The highest BCUT2D eigenvalue weighted by Crippen LogP contribution is 2.37. The molecule has 0 spiro atoms. The number of benzene rings is 1. The van der Waals surface area contributed by atoms with Crippen LogP contribution >= 0.6 is 11.8 Å². The predicted molar refractivity (Wildman–Crippen MR) is 96.9 cm³/mol. The van der Waals surface area contributed by atoms with E-state index in [0.717, 1.165) is 31.3 Å². The van der Waals surface area contributed by atoms with Crippen molar-refractivity contribution in [2.24, 2.45) is 0 Å². The summed E-state index contributed by atoms with van der Waals surface area (Å²) in [6, 6.07) is 5.92. The van der Waals surface area contributed by atoms with Gasteiger partial charge in [0.15, 0.2) is 0 Å². The molecule has 0 saturated heterocycles. The van der Waals surface area contributed by atoms with Crippen LogP contribution in [-0.2, 0) is 0 Å². The molecule has 140 valence electrons. The number of alkyl halides is 3. The van der Waals surface area contributed by atoms with Crippen LogP contribution < -0.4 is 4.74 Å². The van der Waals surface area contributed by atoms with Gasteiger partial charge in [0.2, 0.25) is 0 Å². The van der Waals surface area contributed by atoms with Crippen LogP contribution in [0, 0.1) is 0 Å². The van der Waals surface area contributed by atoms with Crippen molar-refractivity contribution in [2.45, 2.75) is 49.9 Å². The zero-order chi connectivity index (χ0) is 18.7. The van der Waals surface area contributed by atoms with Crippen LogP contribution in [0.4, 0.5) is 13.2 Å². The van der Waals surface area contributed by atoms with Gasteiger partial charge in [-0.3, -0.25) is 0 Å². The number of hydrogen-bond acceptors (Lipinski definition) is 3. The van der Waals surface area contributed by atoms with Crippen LogP contribution in [0.25, 0.3) is 0 Å². The van der Waals surface area contributed by atoms with E-state index in [9.17, 15) is 13.2 Å². The molecule has 0 unspecified atom stereocenters. The Labute approximate surface area is 151 Å². The Morgan fingerprint density at radius 1 is 1.08 bits per heavy atom. The van der Waals surface area contributed by atoms with Crippen LogP contribution in [0.2, 0.25) is 0 Å². The molecule has 25 heavy (non-hydrogen) atoms. The smallest absolute Gasteiger partial charge is 0.446 e. The third-order valence-corrected chi connectivity index (χ3v) is 4.15. The largest absolute Gasteiger partial charge is 0.489 e. The quantitative estimate of drug-likeness (QED) is 0.304. The monoisotopic (exact) mass is 374 g/mol. The van der Waals surface area contributed by atoms with Crippen LogP contribution in [0.3, 0.4) is 0 Å². The minimum Gasteiger partial charge on any atom is -0.489 e. The first kappa shape index (κ1) is 21.6. The van der Waals surface area contributed by atoms with Gasteiger partial charge in [0.25, 0.3) is 0 Å². The molecule has 0 aliphatic heterocycles. The minimum absolute atomic E-state index is 0.132. The van der Waals surface area contributed by atoms with Gasteiger partial charge in [-0.25, -0.2) is 0 Å². The van der Waals surface area contributed by atoms with E-state index in [0.29, 0.717) is 12.4 Å². The maximum atomic E-state index is 12.3. The number of aliphatic hydroxyl groups is 1. The molecule has 0 saturated carbocycles. The first-order valence-electron chi connectivity index (χ1n) is 8.21. The molecule has 0 aliphatic carbocycles. The topological polar surface area (TPSA) is 29.5 Å². The van der Waals surface area contributed by atoms with Gasteiger partial charge in [0.1, 0.15) is 12.4 Å². The van der Waals surface area contributed by atoms with Gasteiger partial charge in [-0.2, -0.15) is 13.2 Å². The summed E-state index contributed by atoms with van der Waals surface area (Å²) in [5, 5.41) is 8.74. The molecule has 0 amide bonds. The molecule has 6 heteroatoms. The van der Waals surface area contributed by atoms with E-state index < -0.39 is 5.51 Å². The summed E-state index contributed by atoms with van der Waals surface area (Å²) in [4.78, 5) is 0.149. The van der Waals surface area contributed by atoms with E-state index in [2.05, 4.69) is 19.1 Å². The summed E-state index contributed by atoms with van der Waals surface area (Å²) in [6.07, 6.45) is 7.83. The number of aliphatic hydroxyl groups excluding tert-OH is 1. The van der Waals surface area contributed by atoms with Gasteiger partial charge >= 0.3 is 5.51 Å². The summed E-state index contributed by atoms with van der Waals surface area (Å²) >= 11 is -0.132. The summed E-state index contributed by atoms with van der Waals surface area (Å²) in [7, 11) is 0. The lowest BCUT2D eigenvalue weighted by Gasteiger charge is -2.09. The van der Waals surface area contributed by atoms with Crippen molar-refractivity contribution in [1.82, 2.24) is 0 Å². The number of halogens is 3. The van der Waals surface area contributed by atoms with Gasteiger partial charge in [-0.1, -0.05) is 17.7 Å². The zero-order valence-electron chi connectivity index (χ0n) is 14.6. The van der Waals surface area contributed by atoms with Crippen molar-refractivity contribution in [3.05, 3.63) is 47.6 Å². The molecule has 1 rings (SSSR count). The number of rotatable bonds is 10. The second-order valence-electron chi connectivity index (χ2n) is 5.81. The number of allylic oxidation sites excluding steroid dienone is 3. The van der Waals surface area contributed by atoms with Crippen molar-refractivity contribution in [2.75, 3.05) is 13.2 Å². The Kier molecular flexibility index (Phi) is 9.75. The number of ether oxygens (including phenoxy) is 1. The lowest BCUT2D eigenvalue weighted by atomic mass is 10.1. The maximum absolute atomic E-state index is 12.3. The summed E-state index contributed by atoms with van der Waals surface area (Å²) in [5.41, 5.74) is -1.89. The second-order valence-corrected chi connectivity index (χ2v) is 6.95. The fraction of sp³-hybridized carbons (Fsp3) is 0.474. The normalized spacial score (nSPS) is 13.2. The summed E-state index contributed by atoms with van der Waals surface area (Å²) < 4.78 is 42.4. The van der Waals surface area contributed by atoms with E-state index in [1.165, 1.54) is 17.7 Å². The molecule has 0 aromatic heterocycles. The van der Waals surface area contributed by atoms with Gasteiger partial charge in [-0.05, 0) is 81.1 Å². The summed E-state index contributed by atoms with van der Waals surface area (Å²) in [6.45, 7) is 4.69. The molecule has 2 nitrogen and oxygen atoms in total. The van der Waals surface area contributed by atoms with E-state index in [1.54, 1.807) is 12.1 Å². The molecule has 0 heterocycles. The molecule has 0 atom stereocenters. The molecule has 1 aromatic carbocycles. The fourth-order valence-corrected chi connectivity index (χ4v) is 2.62.